The lowest BCUT2D eigenvalue weighted by Crippen LogP contribution is -2.24. The molecule has 1 N–H and O–H groups in total. The van der Waals surface area contributed by atoms with Gasteiger partial charge in [0.1, 0.15) is 4.83 Å². The molecule has 0 radical (unpaired) electrons. The highest BCUT2D eigenvalue weighted by Crippen LogP contribution is 2.33. The van der Waals surface area contributed by atoms with Gasteiger partial charge in [0, 0.05) is 28.5 Å². The Balaban J connectivity index is 1.47. The summed E-state index contributed by atoms with van der Waals surface area (Å²) in [5.74, 6) is 0.662. The smallest absolute Gasteiger partial charge is 0.262 e. The van der Waals surface area contributed by atoms with Gasteiger partial charge in [-0.1, -0.05) is 18.2 Å². The average molecular weight is 426 g/mol. The van der Waals surface area contributed by atoms with E-state index in [0.717, 1.165) is 45.8 Å². The number of para-hydroxylation sites is 1. The first kappa shape index (κ1) is 19.9. The molecular weight excluding hydrogens is 402 g/mol. The molecule has 0 saturated heterocycles. The molecule has 1 aliphatic rings. The van der Waals surface area contributed by atoms with Crippen molar-refractivity contribution in [1.29, 1.82) is 0 Å². The van der Waals surface area contributed by atoms with E-state index < -0.39 is 0 Å². The molecule has 0 bridgehead atoms. The fraction of sp³-hybridized carbons (Fsp3) is 0.318. The van der Waals surface area contributed by atoms with E-state index >= 15 is 0 Å². The van der Waals surface area contributed by atoms with E-state index in [4.69, 9.17) is 0 Å². The fourth-order valence-electron chi connectivity index (χ4n) is 3.62. The minimum absolute atomic E-state index is 0.0239. The summed E-state index contributed by atoms with van der Waals surface area (Å²) >= 11 is 3.27. The Morgan fingerprint density at radius 1 is 1.31 bits per heavy atom. The number of amides is 1. The van der Waals surface area contributed by atoms with Crippen LogP contribution in [0.1, 0.15) is 29.7 Å². The zero-order valence-corrected chi connectivity index (χ0v) is 17.8. The van der Waals surface area contributed by atoms with Crippen LogP contribution < -0.4 is 10.9 Å². The number of carbonyl (C=O) groups excluding carboxylic acids is 1. The van der Waals surface area contributed by atoms with Crippen LogP contribution in [0, 0.1) is 0 Å². The lowest BCUT2D eigenvalue weighted by molar-refractivity contribution is -0.116. The zero-order chi connectivity index (χ0) is 20.2. The number of hydrogen-bond donors (Lipinski definition) is 1. The third-order valence-corrected chi connectivity index (χ3v) is 7.31. The maximum Gasteiger partial charge on any atom is 0.262 e. The third-order valence-electron chi connectivity index (χ3n) is 5.04. The van der Waals surface area contributed by atoms with E-state index in [9.17, 15) is 9.59 Å². The number of carbonyl (C=O) groups is 1. The number of thiophene rings is 1. The molecule has 0 aliphatic heterocycles. The van der Waals surface area contributed by atoms with Crippen LogP contribution in [0.3, 0.4) is 0 Å². The zero-order valence-electron chi connectivity index (χ0n) is 16.1. The SMILES string of the molecule is C=CCSc1ccccc1NC(=O)CCn1cnc2sc3c(c2c1=O)CCCC3. The summed E-state index contributed by atoms with van der Waals surface area (Å²) in [4.78, 5) is 33.1. The number of aryl methyl sites for hydroxylation is 3. The van der Waals surface area contributed by atoms with Gasteiger partial charge in [0.15, 0.2) is 0 Å². The molecular formula is C22H23N3O2S2. The van der Waals surface area contributed by atoms with Gasteiger partial charge in [0.05, 0.1) is 17.4 Å². The quantitative estimate of drug-likeness (QED) is 0.442. The van der Waals surface area contributed by atoms with Gasteiger partial charge in [-0.25, -0.2) is 4.98 Å². The van der Waals surface area contributed by atoms with Crippen molar-refractivity contribution in [3.8, 4) is 0 Å². The lowest BCUT2D eigenvalue weighted by Gasteiger charge is -2.11. The highest BCUT2D eigenvalue weighted by atomic mass is 32.2. The number of anilines is 1. The van der Waals surface area contributed by atoms with E-state index in [1.165, 1.54) is 16.9 Å². The molecule has 1 aromatic carbocycles. The Bertz CT molecular complexity index is 1120. The summed E-state index contributed by atoms with van der Waals surface area (Å²) < 4.78 is 1.57. The topological polar surface area (TPSA) is 64.0 Å². The van der Waals surface area contributed by atoms with Crippen LogP contribution in [0.15, 0.2) is 52.9 Å². The standard InChI is InChI=1S/C22H23N3O2S2/c1-2-13-28-18-10-6-4-8-16(18)24-19(26)11-12-25-14-23-21-20(22(25)27)15-7-3-5-9-17(15)29-21/h2,4,6,8,10,14H,1,3,5,7,9,11-13H2,(H,24,26). The van der Waals surface area contributed by atoms with Crippen molar-refractivity contribution in [3.63, 3.8) is 0 Å². The van der Waals surface area contributed by atoms with E-state index in [1.807, 2.05) is 30.3 Å². The Hall–Kier alpha value is -2.38. The lowest BCUT2D eigenvalue weighted by atomic mass is 9.97. The molecule has 2 heterocycles. The minimum atomic E-state index is -0.115. The van der Waals surface area contributed by atoms with Crippen molar-refractivity contribution in [1.82, 2.24) is 9.55 Å². The molecule has 0 unspecified atom stereocenters. The van der Waals surface area contributed by atoms with Gasteiger partial charge in [0.25, 0.3) is 5.56 Å². The largest absolute Gasteiger partial charge is 0.325 e. The van der Waals surface area contributed by atoms with Gasteiger partial charge in [-0.2, -0.15) is 0 Å². The second kappa shape index (κ2) is 8.97. The second-order valence-electron chi connectivity index (χ2n) is 7.03. The number of aromatic nitrogens is 2. The van der Waals surface area contributed by atoms with Gasteiger partial charge in [-0.3, -0.25) is 14.2 Å². The monoisotopic (exact) mass is 425 g/mol. The van der Waals surface area contributed by atoms with Crippen LogP contribution in [-0.2, 0) is 24.2 Å². The van der Waals surface area contributed by atoms with E-state index in [2.05, 4.69) is 16.9 Å². The summed E-state index contributed by atoms with van der Waals surface area (Å²) in [6, 6.07) is 7.71. The van der Waals surface area contributed by atoms with Crippen molar-refractivity contribution in [3.05, 3.63) is 64.0 Å². The van der Waals surface area contributed by atoms with Crippen molar-refractivity contribution >= 4 is 44.9 Å². The first-order valence-corrected chi connectivity index (χ1v) is 11.6. The fourth-order valence-corrected chi connectivity index (χ4v) is 5.59. The normalized spacial score (nSPS) is 13.2. The number of hydrogen-bond acceptors (Lipinski definition) is 5. The molecule has 0 saturated carbocycles. The van der Waals surface area contributed by atoms with Crippen molar-refractivity contribution in [2.75, 3.05) is 11.1 Å². The van der Waals surface area contributed by atoms with Gasteiger partial charge in [-0.15, -0.1) is 29.7 Å². The summed E-state index contributed by atoms with van der Waals surface area (Å²) in [5, 5.41) is 3.73. The average Bonchev–Trinajstić information content (AvgIpc) is 3.12. The second-order valence-corrected chi connectivity index (χ2v) is 9.17. The number of nitrogens with zero attached hydrogens (tertiary/aromatic N) is 2. The Labute approximate surface area is 177 Å². The van der Waals surface area contributed by atoms with Crippen LogP contribution in [-0.4, -0.2) is 21.2 Å². The molecule has 5 nitrogen and oxygen atoms in total. The highest BCUT2D eigenvalue weighted by molar-refractivity contribution is 7.99. The molecule has 1 amide bonds. The van der Waals surface area contributed by atoms with E-state index in [-0.39, 0.29) is 17.9 Å². The molecule has 0 spiro atoms. The Morgan fingerprint density at radius 3 is 3.00 bits per heavy atom. The van der Waals surface area contributed by atoms with Crippen molar-refractivity contribution in [2.24, 2.45) is 0 Å². The molecule has 0 atom stereocenters. The maximum atomic E-state index is 13.0. The van der Waals surface area contributed by atoms with E-state index in [1.54, 1.807) is 34.0 Å². The van der Waals surface area contributed by atoms with Gasteiger partial charge < -0.3 is 5.32 Å². The first-order chi connectivity index (χ1) is 14.2. The Kier molecular flexibility index (Phi) is 6.16. The molecule has 1 aliphatic carbocycles. The number of nitrogens with one attached hydrogen (secondary N) is 1. The molecule has 2 aromatic heterocycles. The number of rotatable bonds is 7. The molecule has 4 rings (SSSR count). The summed E-state index contributed by atoms with van der Waals surface area (Å²) in [5.41, 5.74) is 1.95. The van der Waals surface area contributed by atoms with Gasteiger partial charge in [0.2, 0.25) is 5.91 Å². The molecule has 7 heteroatoms. The predicted molar refractivity (Wildman–Crippen MR) is 121 cm³/mol. The molecule has 3 aromatic rings. The van der Waals surface area contributed by atoms with Gasteiger partial charge in [-0.05, 0) is 43.4 Å². The first-order valence-electron chi connectivity index (χ1n) is 9.79. The number of thioether (sulfide) groups is 1. The highest BCUT2D eigenvalue weighted by Gasteiger charge is 2.20. The van der Waals surface area contributed by atoms with Gasteiger partial charge >= 0.3 is 0 Å². The Morgan fingerprint density at radius 2 is 2.14 bits per heavy atom. The summed E-state index contributed by atoms with van der Waals surface area (Å²) in [6.45, 7) is 4.06. The minimum Gasteiger partial charge on any atom is -0.325 e. The van der Waals surface area contributed by atoms with Crippen LogP contribution in [0.2, 0.25) is 0 Å². The number of fused-ring (bicyclic) bond motifs is 3. The van der Waals surface area contributed by atoms with Crippen LogP contribution >= 0.6 is 23.1 Å². The van der Waals surface area contributed by atoms with Crippen LogP contribution in [0.4, 0.5) is 5.69 Å². The van der Waals surface area contributed by atoms with E-state index in [0.29, 0.717) is 6.54 Å². The molecule has 0 fully saturated rings. The predicted octanol–water partition coefficient (Wildman–Crippen LogP) is 4.64. The van der Waals surface area contributed by atoms with Crippen molar-refractivity contribution < 1.29 is 4.79 Å². The van der Waals surface area contributed by atoms with Crippen LogP contribution in [0.5, 0.6) is 0 Å². The summed E-state index contributed by atoms with van der Waals surface area (Å²) in [6.07, 6.45) is 7.94. The summed E-state index contributed by atoms with van der Waals surface area (Å²) in [7, 11) is 0. The molecule has 29 heavy (non-hydrogen) atoms. The maximum absolute atomic E-state index is 13.0. The third kappa shape index (κ3) is 4.31. The molecule has 150 valence electrons. The van der Waals surface area contributed by atoms with Crippen LogP contribution in [0.25, 0.3) is 10.2 Å². The van der Waals surface area contributed by atoms with Crippen molar-refractivity contribution in [2.45, 2.75) is 43.5 Å². The number of benzene rings is 1.